The highest BCUT2D eigenvalue weighted by atomic mass is 32.1. The molecule has 0 amide bonds. The van der Waals surface area contributed by atoms with Crippen molar-refractivity contribution in [3.63, 3.8) is 0 Å². The third kappa shape index (κ3) is 6.42. The van der Waals surface area contributed by atoms with Gasteiger partial charge >= 0.3 is 11.9 Å². The minimum atomic E-state index is -0.894. The molecule has 0 bridgehead atoms. The van der Waals surface area contributed by atoms with E-state index in [1.807, 2.05) is 0 Å². The van der Waals surface area contributed by atoms with Crippen molar-refractivity contribution in [1.82, 2.24) is 4.57 Å². The lowest BCUT2D eigenvalue weighted by atomic mass is 9.95. The van der Waals surface area contributed by atoms with Crippen LogP contribution in [-0.2, 0) is 19.1 Å². The van der Waals surface area contributed by atoms with Gasteiger partial charge in [0, 0.05) is 0 Å². The van der Waals surface area contributed by atoms with E-state index in [9.17, 15) is 14.4 Å². The quantitative estimate of drug-likeness (QED) is 0.277. The zero-order valence-corrected chi connectivity index (χ0v) is 26.4. The Balaban J connectivity index is 1.87. The molecule has 12 nitrogen and oxygen atoms in total. The Morgan fingerprint density at radius 3 is 2.16 bits per heavy atom. The Morgan fingerprint density at radius 1 is 0.909 bits per heavy atom. The van der Waals surface area contributed by atoms with Crippen molar-refractivity contribution >= 4 is 29.4 Å². The van der Waals surface area contributed by atoms with E-state index in [0.717, 1.165) is 0 Å². The molecule has 0 spiro atoms. The summed E-state index contributed by atoms with van der Waals surface area (Å²) >= 11 is 1.17. The number of ether oxygens (including phenoxy) is 7. The maximum atomic E-state index is 14.0. The number of nitrogens with zero attached hydrogens (tertiary/aromatic N) is 2. The number of methoxy groups -OCH3 is 4. The van der Waals surface area contributed by atoms with Crippen molar-refractivity contribution in [1.29, 1.82) is 0 Å². The fraction of sp³-hybridized carbons (Fsp3) is 0.355. The van der Waals surface area contributed by atoms with Crippen LogP contribution in [-0.4, -0.2) is 64.8 Å². The first-order chi connectivity index (χ1) is 21.2. The van der Waals surface area contributed by atoms with Crippen molar-refractivity contribution in [2.75, 3.05) is 48.3 Å². The molecular weight excluding hydrogens is 592 g/mol. The van der Waals surface area contributed by atoms with E-state index >= 15 is 0 Å². The fourth-order valence-electron chi connectivity index (χ4n) is 4.75. The van der Waals surface area contributed by atoms with Crippen LogP contribution in [0.15, 0.2) is 51.4 Å². The topological polar surface area (TPSA) is 133 Å². The highest BCUT2D eigenvalue weighted by Gasteiger charge is 2.34. The molecule has 3 aromatic rings. The zero-order chi connectivity index (χ0) is 32.0. The van der Waals surface area contributed by atoms with Crippen LogP contribution in [0.25, 0.3) is 6.08 Å². The maximum absolute atomic E-state index is 14.0. The molecule has 0 radical (unpaired) electrons. The second-order valence-corrected chi connectivity index (χ2v) is 10.3. The molecule has 0 saturated carbocycles. The molecule has 0 saturated heterocycles. The lowest BCUT2D eigenvalue weighted by Gasteiger charge is -2.26. The number of hydrogen-bond acceptors (Lipinski definition) is 12. The fourth-order valence-corrected chi connectivity index (χ4v) is 5.80. The largest absolute Gasteiger partial charge is 0.493 e. The summed E-state index contributed by atoms with van der Waals surface area (Å²) in [4.78, 5) is 44.1. The van der Waals surface area contributed by atoms with Gasteiger partial charge in [0.25, 0.3) is 5.56 Å². The molecule has 1 aliphatic heterocycles. The van der Waals surface area contributed by atoms with Gasteiger partial charge in [0.1, 0.15) is 0 Å². The summed E-state index contributed by atoms with van der Waals surface area (Å²) in [6, 6.07) is 7.55. The Hall–Kier alpha value is -4.78. The van der Waals surface area contributed by atoms with Gasteiger partial charge in [-0.25, -0.2) is 14.6 Å². The molecule has 234 valence electrons. The van der Waals surface area contributed by atoms with Gasteiger partial charge in [0.15, 0.2) is 34.4 Å². The van der Waals surface area contributed by atoms with Crippen LogP contribution in [0.3, 0.4) is 0 Å². The molecule has 44 heavy (non-hydrogen) atoms. The lowest BCUT2D eigenvalue weighted by Crippen LogP contribution is -2.40. The predicted molar refractivity (Wildman–Crippen MR) is 162 cm³/mol. The Kier molecular flexibility index (Phi) is 10.3. The third-order valence-corrected chi connectivity index (χ3v) is 7.64. The van der Waals surface area contributed by atoms with Gasteiger partial charge in [-0.1, -0.05) is 17.4 Å². The number of fused-ring (bicyclic) bond motifs is 1. The van der Waals surface area contributed by atoms with Gasteiger partial charge in [0.2, 0.25) is 5.75 Å². The molecular formula is C31H34N2O10S. The Morgan fingerprint density at radius 2 is 1.57 bits per heavy atom. The number of carbonyl (C=O) groups excluding carboxylic acids is 2. The number of rotatable bonds is 12. The predicted octanol–water partition coefficient (Wildman–Crippen LogP) is 2.77. The molecule has 0 N–H and O–H groups in total. The molecule has 0 aliphatic carbocycles. The number of allylic oxidation sites excluding steroid dienone is 1. The number of hydrogen-bond donors (Lipinski definition) is 0. The average Bonchev–Trinajstić information content (AvgIpc) is 3.32. The van der Waals surface area contributed by atoms with Crippen LogP contribution in [0.2, 0.25) is 0 Å². The second kappa shape index (κ2) is 14.1. The van der Waals surface area contributed by atoms with Gasteiger partial charge in [-0.05, 0) is 62.2 Å². The third-order valence-electron chi connectivity index (χ3n) is 6.66. The molecule has 13 heteroatoms. The van der Waals surface area contributed by atoms with E-state index in [-0.39, 0.29) is 31.0 Å². The van der Waals surface area contributed by atoms with Crippen LogP contribution >= 0.6 is 11.3 Å². The van der Waals surface area contributed by atoms with E-state index in [1.54, 1.807) is 57.2 Å². The summed E-state index contributed by atoms with van der Waals surface area (Å²) in [6.45, 7) is 5.24. The highest BCUT2D eigenvalue weighted by Crippen LogP contribution is 2.42. The summed E-state index contributed by atoms with van der Waals surface area (Å²) in [6.07, 6.45) is 1.69. The number of esters is 2. The van der Waals surface area contributed by atoms with Crippen molar-refractivity contribution in [3.8, 4) is 28.7 Å². The maximum Gasteiger partial charge on any atom is 0.344 e. The minimum Gasteiger partial charge on any atom is -0.493 e. The lowest BCUT2D eigenvalue weighted by molar-refractivity contribution is -0.145. The number of aromatic nitrogens is 1. The van der Waals surface area contributed by atoms with Crippen molar-refractivity contribution in [2.24, 2.45) is 4.99 Å². The Bertz CT molecular complexity index is 1750. The minimum absolute atomic E-state index is 0.142. The average molecular weight is 627 g/mol. The summed E-state index contributed by atoms with van der Waals surface area (Å²) < 4.78 is 39.7. The van der Waals surface area contributed by atoms with Crippen LogP contribution in [0.1, 0.15) is 37.9 Å². The van der Waals surface area contributed by atoms with Crippen LogP contribution in [0, 0.1) is 0 Å². The van der Waals surface area contributed by atoms with E-state index in [2.05, 4.69) is 4.99 Å². The second-order valence-electron chi connectivity index (χ2n) is 9.26. The summed E-state index contributed by atoms with van der Waals surface area (Å²) in [5.41, 5.74) is 1.43. The van der Waals surface area contributed by atoms with E-state index in [1.165, 1.54) is 44.3 Å². The first-order valence-electron chi connectivity index (χ1n) is 13.7. The van der Waals surface area contributed by atoms with E-state index in [0.29, 0.717) is 54.9 Å². The van der Waals surface area contributed by atoms with Crippen molar-refractivity contribution in [3.05, 3.63) is 72.4 Å². The van der Waals surface area contributed by atoms with Crippen LogP contribution in [0.4, 0.5) is 0 Å². The number of benzene rings is 2. The SMILES string of the molecule is CCOC(=O)COc1ccc(/C=c2\sc3n(c2=O)[C@H](c2cc(OC)c(OC)c(OC)c2)C(C(=O)OCC)=C(C)N=3)cc1OC. The van der Waals surface area contributed by atoms with Crippen molar-refractivity contribution in [2.45, 2.75) is 26.8 Å². The summed E-state index contributed by atoms with van der Waals surface area (Å²) in [5, 5.41) is 0. The number of thiazole rings is 1. The van der Waals surface area contributed by atoms with Crippen molar-refractivity contribution < 1.29 is 42.7 Å². The monoisotopic (exact) mass is 626 g/mol. The van der Waals surface area contributed by atoms with Crippen LogP contribution in [0.5, 0.6) is 28.7 Å². The number of carbonyl (C=O) groups is 2. The molecule has 2 heterocycles. The summed E-state index contributed by atoms with van der Waals surface area (Å²) in [7, 11) is 5.94. The molecule has 1 atom stereocenters. The van der Waals surface area contributed by atoms with Gasteiger partial charge in [-0.15, -0.1) is 0 Å². The van der Waals surface area contributed by atoms with Gasteiger partial charge < -0.3 is 33.2 Å². The smallest absolute Gasteiger partial charge is 0.344 e. The van der Waals surface area contributed by atoms with Gasteiger partial charge in [-0.3, -0.25) is 9.36 Å². The summed E-state index contributed by atoms with van der Waals surface area (Å²) in [5.74, 6) is 0.707. The molecule has 0 fully saturated rings. The van der Waals surface area contributed by atoms with E-state index in [4.69, 9.17) is 33.2 Å². The Labute approximate surface area is 257 Å². The van der Waals surface area contributed by atoms with Gasteiger partial charge in [0.05, 0.1) is 63.5 Å². The van der Waals surface area contributed by atoms with Crippen LogP contribution < -0.4 is 38.6 Å². The normalized spacial score (nSPS) is 14.3. The van der Waals surface area contributed by atoms with E-state index < -0.39 is 18.0 Å². The first kappa shape index (κ1) is 32.1. The molecule has 0 unspecified atom stereocenters. The highest BCUT2D eigenvalue weighted by molar-refractivity contribution is 7.07. The zero-order valence-electron chi connectivity index (χ0n) is 25.5. The molecule has 1 aromatic heterocycles. The molecule has 1 aliphatic rings. The first-order valence-corrected chi connectivity index (χ1v) is 14.5. The van der Waals surface area contributed by atoms with Gasteiger partial charge in [-0.2, -0.15) is 0 Å². The standard InChI is InChI=1S/C31H34N2O10S/c1-8-41-25(34)16-43-20-11-10-18(12-21(20)37-4)13-24-29(35)33-27(19-14-22(38-5)28(40-7)23(15-19)39-6)26(30(36)42-9-2)17(3)32-31(33)44-24/h10-15,27H,8-9,16H2,1-7H3/b24-13-/t27-/m1/s1. The molecule has 2 aromatic carbocycles. The molecule has 4 rings (SSSR count).